The van der Waals surface area contributed by atoms with Crippen molar-refractivity contribution in [3.05, 3.63) is 71.3 Å². The van der Waals surface area contributed by atoms with Gasteiger partial charge in [0.25, 0.3) is 0 Å². The molecule has 1 amide bonds. The zero-order valence-corrected chi connectivity index (χ0v) is 16.8. The minimum atomic E-state index is -0.0442. The van der Waals surface area contributed by atoms with Gasteiger partial charge >= 0.3 is 0 Å². The number of amides is 1. The van der Waals surface area contributed by atoms with Crippen molar-refractivity contribution in [2.24, 2.45) is 0 Å². The van der Waals surface area contributed by atoms with Crippen LogP contribution in [0.5, 0.6) is 0 Å². The summed E-state index contributed by atoms with van der Waals surface area (Å²) in [4.78, 5) is 12.0. The van der Waals surface area contributed by atoms with E-state index in [0.29, 0.717) is 10.9 Å². The van der Waals surface area contributed by atoms with Gasteiger partial charge in [0.1, 0.15) is 0 Å². The van der Waals surface area contributed by atoms with Gasteiger partial charge in [-0.15, -0.1) is 22.0 Å². The standard InChI is InChI=1S/C19H19N3OS3/c1-14-6-5-9-16(10-14)12-25-19-22-21-18(26-19)20-17(23)13-24-11-15-7-3-2-4-8-15/h2-10H,11-13H2,1H3,(H,20,21,23). The van der Waals surface area contributed by atoms with Crippen LogP contribution >= 0.6 is 34.9 Å². The summed E-state index contributed by atoms with van der Waals surface area (Å²) in [5, 5.41) is 11.6. The van der Waals surface area contributed by atoms with Crippen molar-refractivity contribution in [2.75, 3.05) is 11.1 Å². The average molecular weight is 402 g/mol. The lowest BCUT2D eigenvalue weighted by Crippen LogP contribution is -2.13. The van der Waals surface area contributed by atoms with E-state index in [-0.39, 0.29) is 5.91 Å². The number of aromatic nitrogens is 2. The molecule has 0 spiro atoms. The van der Waals surface area contributed by atoms with Crippen molar-refractivity contribution in [1.82, 2.24) is 10.2 Å². The smallest absolute Gasteiger partial charge is 0.236 e. The molecule has 3 aromatic rings. The van der Waals surface area contributed by atoms with Gasteiger partial charge in [-0.3, -0.25) is 10.1 Å². The lowest BCUT2D eigenvalue weighted by molar-refractivity contribution is -0.113. The van der Waals surface area contributed by atoms with Crippen LogP contribution in [-0.2, 0) is 16.3 Å². The van der Waals surface area contributed by atoms with Crippen molar-refractivity contribution in [2.45, 2.75) is 22.8 Å². The van der Waals surface area contributed by atoms with Crippen LogP contribution in [0.15, 0.2) is 58.9 Å². The lowest BCUT2D eigenvalue weighted by Gasteiger charge is -2.02. The van der Waals surface area contributed by atoms with Crippen LogP contribution < -0.4 is 5.32 Å². The Hall–Kier alpha value is -1.83. The number of nitrogens with one attached hydrogen (secondary N) is 1. The van der Waals surface area contributed by atoms with E-state index >= 15 is 0 Å². The highest BCUT2D eigenvalue weighted by atomic mass is 32.2. The zero-order valence-electron chi connectivity index (χ0n) is 14.3. The Morgan fingerprint density at radius 3 is 2.65 bits per heavy atom. The molecule has 0 unspecified atom stereocenters. The fourth-order valence-electron chi connectivity index (χ4n) is 2.26. The predicted molar refractivity (Wildman–Crippen MR) is 112 cm³/mol. The van der Waals surface area contributed by atoms with Gasteiger partial charge in [0.2, 0.25) is 11.0 Å². The number of rotatable bonds is 8. The molecule has 7 heteroatoms. The molecule has 0 aliphatic heterocycles. The van der Waals surface area contributed by atoms with Crippen LogP contribution in [0, 0.1) is 6.92 Å². The molecule has 0 fully saturated rings. The normalized spacial score (nSPS) is 10.7. The number of carbonyl (C=O) groups is 1. The summed E-state index contributed by atoms with van der Waals surface area (Å²) in [5.74, 6) is 2.02. The molecule has 3 rings (SSSR count). The summed E-state index contributed by atoms with van der Waals surface area (Å²) >= 11 is 4.64. The van der Waals surface area contributed by atoms with Crippen LogP contribution in [0.3, 0.4) is 0 Å². The molecule has 4 nitrogen and oxygen atoms in total. The first-order valence-corrected chi connectivity index (χ1v) is 11.1. The van der Waals surface area contributed by atoms with Gasteiger partial charge in [-0.2, -0.15) is 0 Å². The molecular weight excluding hydrogens is 382 g/mol. The minimum absolute atomic E-state index is 0.0442. The van der Waals surface area contributed by atoms with Crippen LogP contribution in [0.1, 0.15) is 16.7 Å². The second-order valence-corrected chi connectivity index (χ2v) is 8.86. The zero-order chi connectivity index (χ0) is 18.2. The van der Waals surface area contributed by atoms with Crippen molar-refractivity contribution in [3.63, 3.8) is 0 Å². The first-order valence-electron chi connectivity index (χ1n) is 8.12. The van der Waals surface area contributed by atoms with E-state index in [4.69, 9.17) is 0 Å². The second kappa shape index (κ2) is 9.75. The molecule has 134 valence electrons. The Kier molecular flexibility index (Phi) is 7.11. The highest BCUT2D eigenvalue weighted by Gasteiger charge is 2.09. The number of nitrogens with zero attached hydrogens (tertiary/aromatic N) is 2. The van der Waals surface area contributed by atoms with Gasteiger partial charge in [-0.05, 0) is 18.1 Å². The molecule has 1 heterocycles. The van der Waals surface area contributed by atoms with Crippen LogP contribution in [0.2, 0.25) is 0 Å². The first-order chi connectivity index (χ1) is 12.7. The van der Waals surface area contributed by atoms with Gasteiger partial charge in [0.05, 0.1) is 5.75 Å². The first kappa shape index (κ1) is 18.9. The van der Waals surface area contributed by atoms with Crippen molar-refractivity contribution >= 4 is 45.9 Å². The lowest BCUT2D eigenvalue weighted by atomic mass is 10.2. The Morgan fingerprint density at radius 2 is 1.85 bits per heavy atom. The van der Waals surface area contributed by atoms with E-state index in [1.807, 2.05) is 18.2 Å². The summed E-state index contributed by atoms with van der Waals surface area (Å²) < 4.78 is 0.860. The van der Waals surface area contributed by atoms with E-state index in [1.54, 1.807) is 23.5 Å². The van der Waals surface area contributed by atoms with E-state index in [9.17, 15) is 4.79 Å². The molecule has 0 bridgehead atoms. The number of aryl methyl sites for hydroxylation is 1. The third-order valence-corrected chi connectivity index (χ3v) is 6.49. The van der Waals surface area contributed by atoms with Gasteiger partial charge in [-0.25, -0.2) is 0 Å². The summed E-state index contributed by atoms with van der Waals surface area (Å²) in [7, 11) is 0. The third kappa shape index (κ3) is 6.16. The fourth-order valence-corrected chi connectivity index (χ4v) is 4.76. The number of hydrogen-bond donors (Lipinski definition) is 1. The molecule has 0 atom stereocenters. The Labute approximate surface area is 165 Å². The van der Waals surface area contributed by atoms with Gasteiger partial charge < -0.3 is 0 Å². The number of hydrogen-bond acceptors (Lipinski definition) is 6. The van der Waals surface area contributed by atoms with Crippen LogP contribution in [0.25, 0.3) is 0 Å². The number of benzene rings is 2. The largest absolute Gasteiger partial charge is 0.300 e. The third-order valence-electron chi connectivity index (χ3n) is 3.44. The van der Waals surface area contributed by atoms with Crippen LogP contribution in [-0.4, -0.2) is 21.9 Å². The predicted octanol–water partition coefficient (Wildman–Crippen LogP) is 5.01. The average Bonchev–Trinajstić information content (AvgIpc) is 3.08. The molecule has 26 heavy (non-hydrogen) atoms. The van der Waals surface area contributed by atoms with Crippen molar-refractivity contribution < 1.29 is 4.79 Å². The Bertz CT molecular complexity index is 852. The summed E-state index contributed by atoms with van der Waals surface area (Å²) in [5.41, 5.74) is 3.73. The molecule has 2 aromatic carbocycles. The second-order valence-electron chi connectivity index (χ2n) is 5.68. The monoisotopic (exact) mass is 401 g/mol. The topological polar surface area (TPSA) is 54.9 Å². The quantitative estimate of drug-likeness (QED) is 0.425. The fraction of sp³-hybridized carbons (Fsp3) is 0.211. The molecule has 1 aromatic heterocycles. The van der Waals surface area contributed by atoms with E-state index in [2.05, 4.69) is 58.8 Å². The van der Waals surface area contributed by atoms with Gasteiger partial charge in [0.15, 0.2) is 4.34 Å². The van der Waals surface area contributed by atoms with Gasteiger partial charge in [-0.1, -0.05) is 83.3 Å². The Morgan fingerprint density at radius 1 is 1.04 bits per heavy atom. The molecule has 0 saturated heterocycles. The molecule has 0 saturated carbocycles. The molecule has 1 N–H and O–H groups in total. The Balaban J connectivity index is 1.42. The maximum Gasteiger partial charge on any atom is 0.236 e. The van der Waals surface area contributed by atoms with Crippen LogP contribution in [0.4, 0.5) is 5.13 Å². The molecule has 0 radical (unpaired) electrons. The van der Waals surface area contributed by atoms with Gasteiger partial charge in [0, 0.05) is 11.5 Å². The minimum Gasteiger partial charge on any atom is -0.300 e. The van der Waals surface area contributed by atoms with Crippen molar-refractivity contribution in [1.29, 1.82) is 0 Å². The molecular formula is C19H19N3OS3. The highest BCUT2D eigenvalue weighted by molar-refractivity contribution is 8.00. The molecule has 0 aliphatic carbocycles. The number of carbonyl (C=O) groups excluding carboxylic acids is 1. The number of thioether (sulfide) groups is 2. The van der Waals surface area contributed by atoms with E-state index in [0.717, 1.165) is 15.8 Å². The summed E-state index contributed by atoms with van der Waals surface area (Å²) in [6, 6.07) is 18.5. The summed E-state index contributed by atoms with van der Waals surface area (Å²) in [6.45, 7) is 2.09. The molecule has 0 aliphatic rings. The highest BCUT2D eigenvalue weighted by Crippen LogP contribution is 2.28. The summed E-state index contributed by atoms with van der Waals surface area (Å²) in [6.07, 6.45) is 0. The maximum absolute atomic E-state index is 12.0. The van der Waals surface area contributed by atoms with E-state index < -0.39 is 0 Å². The SMILES string of the molecule is Cc1cccc(CSc2nnc(NC(=O)CSCc3ccccc3)s2)c1. The van der Waals surface area contributed by atoms with Crippen molar-refractivity contribution in [3.8, 4) is 0 Å². The van der Waals surface area contributed by atoms with E-state index in [1.165, 1.54) is 28.0 Å². The maximum atomic E-state index is 12.0. The number of anilines is 1.